The van der Waals surface area contributed by atoms with Crippen LogP contribution in [0, 0.1) is 11.7 Å². The summed E-state index contributed by atoms with van der Waals surface area (Å²) in [4.78, 5) is 0. The first kappa shape index (κ1) is 16.5. The average Bonchev–Trinajstić information content (AvgIpc) is 3.10. The Morgan fingerprint density at radius 1 is 1.16 bits per heavy atom. The number of benzene rings is 2. The first-order valence-electron chi connectivity index (χ1n) is 8.27. The molecule has 0 unspecified atom stereocenters. The molecule has 0 aromatic heterocycles. The number of nitrogens with one attached hydrogen (secondary N) is 1. The van der Waals surface area contributed by atoms with Gasteiger partial charge in [0, 0.05) is 16.0 Å². The Bertz CT molecular complexity index is 852. The van der Waals surface area contributed by atoms with Crippen LogP contribution in [0.3, 0.4) is 0 Å². The summed E-state index contributed by atoms with van der Waals surface area (Å²) >= 11 is 3.41. The molecule has 1 N–H and O–H groups in total. The highest BCUT2D eigenvalue weighted by Crippen LogP contribution is 2.53. The summed E-state index contributed by atoms with van der Waals surface area (Å²) < 4.78 is 26.5. The van der Waals surface area contributed by atoms with Crippen LogP contribution in [0.15, 0.2) is 47.0 Å². The van der Waals surface area contributed by atoms with Gasteiger partial charge in [0.25, 0.3) is 0 Å². The lowest BCUT2D eigenvalue weighted by atomic mass is 9.76. The van der Waals surface area contributed by atoms with E-state index in [1.165, 1.54) is 6.07 Å². The fraction of sp³-hybridized carbons (Fsp3) is 0.300. The Kier molecular flexibility index (Phi) is 4.20. The number of allylic oxidation sites excluding steroid dienone is 2. The monoisotopic (exact) mass is 403 g/mol. The number of ether oxygens (including phenoxy) is 2. The van der Waals surface area contributed by atoms with E-state index in [0.717, 1.165) is 22.0 Å². The maximum Gasteiger partial charge on any atom is 0.165 e. The lowest BCUT2D eigenvalue weighted by Gasteiger charge is -2.38. The summed E-state index contributed by atoms with van der Waals surface area (Å²) in [5, 5.41) is 3.43. The van der Waals surface area contributed by atoms with E-state index < -0.39 is 0 Å². The quantitative estimate of drug-likeness (QED) is 0.692. The highest BCUT2D eigenvalue weighted by molar-refractivity contribution is 9.10. The van der Waals surface area contributed by atoms with E-state index in [9.17, 15) is 4.39 Å². The number of hydrogen-bond acceptors (Lipinski definition) is 3. The van der Waals surface area contributed by atoms with Gasteiger partial charge in [0.05, 0.1) is 25.9 Å². The lowest BCUT2D eigenvalue weighted by Crippen LogP contribution is -2.30. The number of anilines is 1. The highest BCUT2D eigenvalue weighted by atomic mass is 79.9. The van der Waals surface area contributed by atoms with Gasteiger partial charge in [-0.25, -0.2) is 4.39 Å². The first-order chi connectivity index (χ1) is 12.1. The molecule has 2 aromatic rings. The van der Waals surface area contributed by atoms with Gasteiger partial charge in [-0.1, -0.05) is 40.2 Å². The van der Waals surface area contributed by atoms with Crippen molar-refractivity contribution in [1.29, 1.82) is 0 Å². The minimum Gasteiger partial charge on any atom is -0.493 e. The summed E-state index contributed by atoms with van der Waals surface area (Å²) in [5.74, 6) is 1.64. The van der Waals surface area contributed by atoms with Gasteiger partial charge in [-0.2, -0.15) is 0 Å². The molecule has 3 atom stereocenters. The number of methoxy groups -OCH3 is 2. The van der Waals surface area contributed by atoms with Crippen LogP contribution < -0.4 is 14.8 Å². The molecule has 0 spiro atoms. The van der Waals surface area contributed by atoms with Crippen molar-refractivity contribution in [3.63, 3.8) is 0 Å². The second-order valence-electron chi connectivity index (χ2n) is 6.41. The van der Waals surface area contributed by atoms with E-state index in [2.05, 4.69) is 33.4 Å². The number of rotatable bonds is 3. The molecule has 0 fully saturated rings. The van der Waals surface area contributed by atoms with Crippen LogP contribution >= 0.6 is 15.9 Å². The molecule has 1 heterocycles. The summed E-state index contributed by atoms with van der Waals surface area (Å²) in [5.41, 5.74) is 2.57. The van der Waals surface area contributed by atoms with Crippen LogP contribution in [0.1, 0.15) is 29.5 Å². The van der Waals surface area contributed by atoms with E-state index in [1.807, 2.05) is 24.3 Å². The van der Waals surface area contributed by atoms with E-state index >= 15 is 0 Å². The molecule has 0 saturated heterocycles. The van der Waals surface area contributed by atoms with Crippen molar-refractivity contribution in [2.24, 2.45) is 5.92 Å². The predicted octanol–water partition coefficient (Wildman–Crippen LogP) is 5.43. The summed E-state index contributed by atoms with van der Waals surface area (Å²) in [6, 6.07) is 9.32. The maximum atomic E-state index is 14.6. The topological polar surface area (TPSA) is 30.5 Å². The normalized spacial score (nSPS) is 23.6. The Morgan fingerprint density at radius 2 is 2.00 bits per heavy atom. The number of fused-ring (bicyclic) bond motifs is 3. The predicted molar refractivity (Wildman–Crippen MR) is 100.0 cm³/mol. The zero-order chi connectivity index (χ0) is 17.6. The molecule has 25 heavy (non-hydrogen) atoms. The number of para-hydroxylation sites is 1. The van der Waals surface area contributed by atoms with Gasteiger partial charge in [-0.3, -0.25) is 0 Å². The molecule has 3 nitrogen and oxygen atoms in total. The van der Waals surface area contributed by atoms with Crippen molar-refractivity contribution in [3.05, 3.63) is 63.9 Å². The Hall–Kier alpha value is -2.01. The van der Waals surface area contributed by atoms with Crippen LogP contribution in [-0.4, -0.2) is 14.2 Å². The van der Waals surface area contributed by atoms with Gasteiger partial charge in [0.15, 0.2) is 11.5 Å². The fourth-order valence-electron chi connectivity index (χ4n) is 4.09. The highest BCUT2D eigenvalue weighted by Gasteiger charge is 2.40. The largest absolute Gasteiger partial charge is 0.493 e. The van der Waals surface area contributed by atoms with Crippen molar-refractivity contribution >= 4 is 21.6 Å². The van der Waals surface area contributed by atoms with E-state index in [4.69, 9.17) is 9.47 Å². The molecule has 4 rings (SSSR count). The molecule has 1 aliphatic heterocycles. The second-order valence-corrected chi connectivity index (χ2v) is 7.33. The van der Waals surface area contributed by atoms with Crippen molar-refractivity contribution < 1.29 is 13.9 Å². The summed E-state index contributed by atoms with van der Waals surface area (Å²) in [6.45, 7) is 0. The van der Waals surface area contributed by atoms with Gasteiger partial charge in [0.2, 0.25) is 0 Å². The van der Waals surface area contributed by atoms with Crippen molar-refractivity contribution in [2.45, 2.75) is 18.4 Å². The molecule has 0 amide bonds. The molecule has 130 valence electrons. The summed E-state index contributed by atoms with van der Waals surface area (Å²) in [6.07, 6.45) is 5.32. The third kappa shape index (κ3) is 2.61. The van der Waals surface area contributed by atoms with Crippen LogP contribution in [-0.2, 0) is 0 Å². The molecule has 1 aliphatic carbocycles. The van der Waals surface area contributed by atoms with E-state index in [1.54, 1.807) is 14.2 Å². The zero-order valence-corrected chi connectivity index (χ0v) is 15.6. The minimum atomic E-state index is -0.241. The van der Waals surface area contributed by atoms with Crippen LogP contribution in [0.5, 0.6) is 11.5 Å². The van der Waals surface area contributed by atoms with Crippen molar-refractivity contribution in [2.75, 3.05) is 19.5 Å². The molecule has 5 heteroatoms. The zero-order valence-electron chi connectivity index (χ0n) is 14.1. The number of halogens is 2. The second kappa shape index (κ2) is 6.37. The number of hydrogen-bond donors (Lipinski definition) is 1. The van der Waals surface area contributed by atoms with Gasteiger partial charge in [-0.15, -0.1) is 0 Å². The van der Waals surface area contributed by atoms with Gasteiger partial charge in [0.1, 0.15) is 5.82 Å². The Morgan fingerprint density at radius 3 is 2.76 bits per heavy atom. The molecule has 0 radical (unpaired) electrons. The summed E-state index contributed by atoms with van der Waals surface area (Å²) in [7, 11) is 3.27. The molecule has 0 saturated carbocycles. The van der Waals surface area contributed by atoms with Gasteiger partial charge < -0.3 is 14.8 Å². The molecular formula is C20H19BrFNO2. The third-order valence-corrected chi connectivity index (χ3v) is 5.61. The average molecular weight is 404 g/mol. The smallest absolute Gasteiger partial charge is 0.165 e. The standard InChI is InChI=1S/C20H19BrFNO2/c1-24-17-8-4-7-14(20(17)25-2)18-13-6-3-5-12(13)15-9-11(21)10-16(22)19(15)23-18/h3-5,7-10,12-13,18,23H,6H2,1-2H3/t12-,13+,18+/m0/s1. The van der Waals surface area contributed by atoms with Crippen LogP contribution in [0.25, 0.3) is 0 Å². The van der Waals surface area contributed by atoms with E-state index in [-0.39, 0.29) is 17.8 Å². The van der Waals surface area contributed by atoms with Crippen LogP contribution in [0.4, 0.5) is 10.1 Å². The molecule has 0 bridgehead atoms. The van der Waals surface area contributed by atoms with Crippen molar-refractivity contribution in [1.82, 2.24) is 0 Å². The molecule has 2 aliphatic rings. The van der Waals surface area contributed by atoms with Crippen molar-refractivity contribution in [3.8, 4) is 11.5 Å². The minimum absolute atomic E-state index is 0.0479. The van der Waals surface area contributed by atoms with Gasteiger partial charge in [-0.05, 0) is 36.1 Å². The lowest BCUT2D eigenvalue weighted by molar-refractivity contribution is 0.340. The van der Waals surface area contributed by atoms with Crippen LogP contribution in [0.2, 0.25) is 0 Å². The third-order valence-electron chi connectivity index (χ3n) is 5.15. The Labute approximate surface area is 155 Å². The van der Waals surface area contributed by atoms with E-state index in [0.29, 0.717) is 23.1 Å². The van der Waals surface area contributed by atoms with Gasteiger partial charge >= 0.3 is 0 Å². The molecular weight excluding hydrogens is 385 g/mol. The first-order valence-corrected chi connectivity index (χ1v) is 9.06. The molecule has 2 aromatic carbocycles. The Balaban J connectivity index is 1.85. The maximum absolute atomic E-state index is 14.6. The fourth-order valence-corrected chi connectivity index (χ4v) is 4.53. The SMILES string of the molecule is COc1cccc([C@@H]2Nc3c(F)cc(Br)cc3[C@H]3C=CC[C@H]32)c1OC.